The van der Waals surface area contributed by atoms with Crippen molar-refractivity contribution in [3.8, 4) is 5.75 Å². The molecule has 0 saturated carbocycles. The zero-order valence-corrected chi connectivity index (χ0v) is 14.6. The lowest BCUT2D eigenvalue weighted by molar-refractivity contribution is -0.146. The van der Waals surface area contributed by atoms with E-state index in [0.29, 0.717) is 25.3 Å². The minimum absolute atomic E-state index is 0.213. The average molecular weight is 365 g/mol. The van der Waals surface area contributed by atoms with E-state index in [1.54, 1.807) is 7.11 Å². The number of hydrogen-bond donors (Lipinski definition) is 0. The van der Waals surface area contributed by atoms with E-state index >= 15 is 0 Å². The van der Waals surface area contributed by atoms with Crippen LogP contribution in [-0.4, -0.2) is 37.8 Å². The fraction of sp³-hybridized carbons (Fsp3) is 0.400. The Morgan fingerprint density at radius 2 is 1.85 bits per heavy atom. The van der Waals surface area contributed by atoms with Gasteiger partial charge in [0.1, 0.15) is 18.0 Å². The standard InChI is InChI=1S/C20H22F3NO2/c1-25-19(10-11-24(14-19)15-20(21,22)23)17-8-5-9-18(12-17)26-13-16-6-3-2-4-7-16/h2-9,12H,10-11,13-15H2,1H3. The zero-order chi connectivity index (χ0) is 18.6. The molecule has 3 nitrogen and oxygen atoms in total. The molecule has 0 aliphatic carbocycles. The van der Waals surface area contributed by atoms with Crippen molar-refractivity contribution in [3.05, 3.63) is 65.7 Å². The molecule has 2 aromatic rings. The van der Waals surface area contributed by atoms with E-state index in [4.69, 9.17) is 9.47 Å². The van der Waals surface area contributed by atoms with E-state index in [1.165, 1.54) is 4.90 Å². The number of ether oxygens (including phenoxy) is 2. The summed E-state index contributed by atoms with van der Waals surface area (Å²) in [5.74, 6) is 0.678. The average Bonchev–Trinajstić information content (AvgIpc) is 3.04. The number of halogens is 3. The van der Waals surface area contributed by atoms with Crippen molar-refractivity contribution in [2.75, 3.05) is 26.7 Å². The largest absolute Gasteiger partial charge is 0.489 e. The summed E-state index contributed by atoms with van der Waals surface area (Å²) in [5, 5.41) is 0. The second kappa shape index (κ2) is 7.68. The summed E-state index contributed by atoms with van der Waals surface area (Å²) >= 11 is 0. The lowest BCUT2D eigenvalue weighted by atomic mass is 9.92. The van der Waals surface area contributed by atoms with E-state index < -0.39 is 18.3 Å². The van der Waals surface area contributed by atoms with Gasteiger partial charge < -0.3 is 9.47 Å². The molecule has 0 spiro atoms. The van der Waals surface area contributed by atoms with Crippen LogP contribution in [0, 0.1) is 0 Å². The number of benzene rings is 2. The van der Waals surface area contributed by atoms with Crippen LogP contribution in [0.15, 0.2) is 54.6 Å². The summed E-state index contributed by atoms with van der Waals surface area (Å²) in [7, 11) is 1.55. The molecule has 1 heterocycles. The van der Waals surface area contributed by atoms with Crippen molar-refractivity contribution in [1.82, 2.24) is 4.90 Å². The van der Waals surface area contributed by atoms with Gasteiger partial charge in [-0.3, -0.25) is 4.90 Å². The Hall–Kier alpha value is -2.05. The zero-order valence-electron chi connectivity index (χ0n) is 14.6. The highest BCUT2D eigenvalue weighted by molar-refractivity contribution is 5.34. The molecule has 0 aromatic heterocycles. The van der Waals surface area contributed by atoms with Gasteiger partial charge in [-0.25, -0.2) is 0 Å². The van der Waals surface area contributed by atoms with Crippen molar-refractivity contribution in [1.29, 1.82) is 0 Å². The summed E-state index contributed by atoms with van der Waals surface area (Å²) < 4.78 is 49.6. The SMILES string of the molecule is COC1(c2cccc(OCc3ccccc3)c2)CCN(CC(F)(F)F)C1. The third-order valence-corrected chi connectivity index (χ3v) is 4.71. The Bertz CT molecular complexity index is 720. The normalized spacial score (nSPS) is 21.1. The van der Waals surface area contributed by atoms with Crippen LogP contribution in [0.4, 0.5) is 13.2 Å². The molecule has 1 unspecified atom stereocenters. The van der Waals surface area contributed by atoms with E-state index in [1.807, 2.05) is 54.6 Å². The topological polar surface area (TPSA) is 21.7 Å². The molecule has 1 fully saturated rings. The van der Waals surface area contributed by atoms with E-state index in [9.17, 15) is 13.2 Å². The van der Waals surface area contributed by atoms with E-state index in [2.05, 4.69) is 0 Å². The number of methoxy groups -OCH3 is 1. The van der Waals surface area contributed by atoms with Crippen LogP contribution < -0.4 is 4.74 Å². The first-order chi connectivity index (χ1) is 12.4. The number of likely N-dealkylation sites (tertiary alicyclic amines) is 1. The third kappa shape index (κ3) is 4.56. The fourth-order valence-electron chi connectivity index (χ4n) is 3.38. The first-order valence-electron chi connectivity index (χ1n) is 8.52. The van der Waals surface area contributed by atoms with Gasteiger partial charge in [-0.15, -0.1) is 0 Å². The van der Waals surface area contributed by atoms with Gasteiger partial charge in [-0.1, -0.05) is 42.5 Å². The van der Waals surface area contributed by atoms with Crippen LogP contribution in [0.2, 0.25) is 0 Å². The Labute approximate surface area is 151 Å². The highest BCUT2D eigenvalue weighted by atomic mass is 19.4. The predicted molar refractivity (Wildman–Crippen MR) is 93.0 cm³/mol. The van der Waals surface area contributed by atoms with E-state index in [0.717, 1.165) is 11.1 Å². The lowest BCUT2D eigenvalue weighted by Crippen LogP contribution is -2.37. The molecule has 6 heteroatoms. The molecule has 3 rings (SSSR count). The number of rotatable bonds is 6. The van der Waals surface area contributed by atoms with Gasteiger partial charge in [0.2, 0.25) is 0 Å². The summed E-state index contributed by atoms with van der Waals surface area (Å²) in [6, 6.07) is 17.2. The molecule has 0 N–H and O–H groups in total. The first-order valence-corrected chi connectivity index (χ1v) is 8.52. The van der Waals surface area contributed by atoms with Gasteiger partial charge in [0.25, 0.3) is 0 Å². The van der Waals surface area contributed by atoms with Gasteiger partial charge in [-0.05, 0) is 29.7 Å². The van der Waals surface area contributed by atoms with Crippen LogP contribution in [0.25, 0.3) is 0 Å². The minimum Gasteiger partial charge on any atom is -0.489 e. The summed E-state index contributed by atoms with van der Waals surface area (Å²) in [6.07, 6.45) is -3.69. The molecule has 1 saturated heterocycles. The third-order valence-electron chi connectivity index (χ3n) is 4.71. The van der Waals surface area contributed by atoms with Gasteiger partial charge in [-0.2, -0.15) is 13.2 Å². The summed E-state index contributed by atoms with van der Waals surface area (Å²) in [6.45, 7) is 0.0837. The molecule has 0 radical (unpaired) electrons. The monoisotopic (exact) mass is 365 g/mol. The molecule has 1 aliphatic rings. The minimum atomic E-state index is -4.20. The van der Waals surface area contributed by atoms with Crippen molar-refractivity contribution >= 4 is 0 Å². The Kier molecular flexibility index (Phi) is 5.53. The molecule has 0 amide bonds. The second-order valence-electron chi connectivity index (χ2n) is 6.58. The fourth-order valence-corrected chi connectivity index (χ4v) is 3.38. The van der Waals surface area contributed by atoms with Crippen LogP contribution in [0.1, 0.15) is 17.5 Å². The summed E-state index contributed by atoms with van der Waals surface area (Å²) in [5.41, 5.74) is 1.16. The Morgan fingerprint density at radius 1 is 1.08 bits per heavy atom. The molecular formula is C20H22F3NO2. The number of nitrogens with zero attached hydrogens (tertiary/aromatic N) is 1. The van der Waals surface area contributed by atoms with Gasteiger partial charge in [0.05, 0.1) is 6.54 Å². The van der Waals surface area contributed by atoms with Gasteiger partial charge in [0, 0.05) is 20.2 Å². The first kappa shape index (κ1) is 18.7. The molecular weight excluding hydrogens is 343 g/mol. The highest BCUT2D eigenvalue weighted by Gasteiger charge is 2.43. The van der Waals surface area contributed by atoms with Gasteiger partial charge in [0.15, 0.2) is 0 Å². The maximum absolute atomic E-state index is 12.7. The molecule has 140 valence electrons. The van der Waals surface area contributed by atoms with E-state index in [-0.39, 0.29) is 6.54 Å². The molecule has 0 bridgehead atoms. The number of hydrogen-bond acceptors (Lipinski definition) is 3. The maximum atomic E-state index is 12.7. The quantitative estimate of drug-likeness (QED) is 0.759. The van der Waals surface area contributed by atoms with Crippen LogP contribution in [-0.2, 0) is 16.9 Å². The smallest absolute Gasteiger partial charge is 0.401 e. The number of alkyl halides is 3. The van der Waals surface area contributed by atoms with Gasteiger partial charge >= 0.3 is 6.18 Å². The van der Waals surface area contributed by atoms with Crippen LogP contribution >= 0.6 is 0 Å². The Balaban J connectivity index is 1.71. The Morgan fingerprint density at radius 3 is 2.54 bits per heavy atom. The summed E-state index contributed by atoms with van der Waals surface area (Å²) in [4.78, 5) is 1.39. The van der Waals surface area contributed by atoms with Crippen molar-refractivity contribution in [2.24, 2.45) is 0 Å². The second-order valence-corrected chi connectivity index (χ2v) is 6.58. The maximum Gasteiger partial charge on any atom is 0.401 e. The van der Waals surface area contributed by atoms with Crippen molar-refractivity contribution < 1.29 is 22.6 Å². The predicted octanol–water partition coefficient (Wildman–Crippen LogP) is 4.38. The highest BCUT2D eigenvalue weighted by Crippen LogP contribution is 2.37. The van der Waals surface area contributed by atoms with Crippen molar-refractivity contribution in [2.45, 2.75) is 24.8 Å². The lowest BCUT2D eigenvalue weighted by Gasteiger charge is -2.29. The van der Waals surface area contributed by atoms with Crippen molar-refractivity contribution in [3.63, 3.8) is 0 Å². The van der Waals surface area contributed by atoms with Crippen LogP contribution in [0.3, 0.4) is 0 Å². The molecule has 26 heavy (non-hydrogen) atoms. The van der Waals surface area contributed by atoms with Crippen LogP contribution in [0.5, 0.6) is 5.75 Å². The molecule has 1 atom stereocenters. The molecule has 1 aliphatic heterocycles. The molecule has 2 aromatic carbocycles.